The van der Waals surface area contributed by atoms with Crippen molar-refractivity contribution < 1.29 is 5.11 Å². The van der Waals surface area contributed by atoms with Crippen LogP contribution in [0.1, 0.15) is 50.6 Å². The van der Waals surface area contributed by atoms with Crippen LogP contribution in [0.15, 0.2) is 30.5 Å². The highest BCUT2D eigenvalue weighted by Crippen LogP contribution is 2.34. The van der Waals surface area contributed by atoms with Gasteiger partial charge in [-0.25, -0.2) is 9.67 Å². The van der Waals surface area contributed by atoms with Crippen LogP contribution in [-0.2, 0) is 6.54 Å². The van der Waals surface area contributed by atoms with E-state index in [1.165, 1.54) is 5.56 Å². The molecule has 9 heteroatoms. The maximum atomic E-state index is 9.98. The van der Waals surface area contributed by atoms with Gasteiger partial charge in [0.15, 0.2) is 5.65 Å². The number of aromatic nitrogens is 4. The molecule has 1 aromatic carbocycles. The van der Waals surface area contributed by atoms with Gasteiger partial charge in [0.1, 0.15) is 5.69 Å². The van der Waals surface area contributed by atoms with Crippen molar-refractivity contribution in [1.29, 1.82) is 0 Å². The lowest BCUT2D eigenvalue weighted by molar-refractivity contribution is 0.109. The summed E-state index contributed by atoms with van der Waals surface area (Å²) in [5.74, 6) is 0.652. The van der Waals surface area contributed by atoms with Crippen LogP contribution in [0.4, 0.5) is 5.95 Å². The summed E-state index contributed by atoms with van der Waals surface area (Å²) in [4.78, 5) is 11.9. The topological polar surface area (TPSA) is 91.1 Å². The van der Waals surface area contributed by atoms with E-state index < -0.39 is 0 Å². The number of nitrogens with zero attached hydrogens (tertiary/aromatic N) is 5. The van der Waals surface area contributed by atoms with Crippen LogP contribution in [0.5, 0.6) is 0 Å². The molecule has 0 unspecified atom stereocenters. The summed E-state index contributed by atoms with van der Waals surface area (Å²) >= 11 is 0. The first-order chi connectivity index (χ1) is 16.2. The lowest BCUT2D eigenvalue weighted by atomic mass is 9.93. The monoisotopic (exact) mass is 485 g/mol. The fourth-order valence-corrected chi connectivity index (χ4v) is 4.91. The van der Waals surface area contributed by atoms with Gasteiger partial charge in [-0.3, -0.25) is 4.90 Å². The van der Waals surface area contributed by atoms with Gasteiger partial charge in [0.25, 0.3) is 0 Å². The van der Waals surface area contributed by atoms with Crippen molar-refractivity contribution in [1.82, 2.24) is 30.0 Å². The zero-order chi connectivity index (χ0) is 22.6. The van der Waals surface area contributed by atoms with E-state index in [4.69, 9.17) is 10.1 Å². The van der Waals surface area contributed by atoms with Crippen LogP contribution in [-0.4, -0.2) is 68.6 Å². The predicted molar refractivity (Wildman–Crippen MR) is 138 cm³/mol. The highest BCUT2D eigenvalue weighted by molar-refractivity contribution is 5.91. The van der Waals surface area contributed by atoms with E-state index in [1.54, 1.807) is 0 Å². The molecule has 1 aliphatic heterocycles. The number of benzene rings is 1. The molecule has 8 nitrogen and oxygen atoms in total. The number of anilines is 1. The molecule has 2 fully saturated rings. The van der Waals surface area contributed by atoms with Crippen LogP contribution in [0.3, 0.4) is 0 Å². The molecule has 3 aromatic rings. The minimum atomic E-state index is -0.192. The molecule has 2 aromatic heterocycles. The Morgan fingerprint density at radius 3 is 2.53 bits per heavy atom. The fourth-order valence-electron chi connectivity index (χ4n) is 4.91. The van der Waals surface area contributed by atoms with Gasteiger partial charge in [-0.15, -0.1) is 12.4 Å². The van der Waals surface area contributed by atoms with Crippen molar-refractivity contribution in [3.05, 3.63) is 36.0 Å². The second-order valence-corrected chi connectivity index (χ2v) is 9.34. The standard InChI is InChI=1S/C25H35N7O.ClH/c1-2-11-27-25-28-16-22-23(30-32(24(22)29-25)20-7-9-21(33)10-8-20)19-5-3-18(4-6-19)17-31-14-12-26-13-15-31;/h3-6,16,20-21,26,33H,2,7-15,17H2,1H3,(H,27,28,29);1H. The molecule has 3 heterocycles. The van der Waals surface area contributed by atoms with Crippen LogP contribution in [0, 0.1) is 0 Å². The van der Waals surface area contributed by atoms with Crippen LogP contribution >= 0.6 is 12.4 Å². The summed E-state index contributed by atoms with van der Waals surface area (Å²) < 4.78 is 2.09. The van der Waals surface area contributed by atoms with E-state index >= 15 is 0 Å². The average molecular weight is 486 g/mol. The normalized spacial score (nSPS) is 21.4. The molecule has 3 N–H and O–H groups in total. The highest BCUT2D eigenvalue weighted by atomic mass is 35.5. The molecule has 1 saturated heterocycles. The smallest absolute Gasteiger partial charge is 0.224 e. The predicted octanol–water partition coefficient (Wildman–Crippen LogP) is 3.62. The third-order valence-corrected chi connectivity index (χ3v) is 6.84. The average Bonchev–Trinajstić information content (AvgIpc) is 3.23. The molecule has 5 rings (SSSR count). The molecule has 0 amide bonds. The van der Waals surface area contributed by atoms with Crippen LogP contribution < -0.4 is 10.6 Å². The first-order valence-electron chi connectivity index (χ1n) is 12.4. The van der Waals surface area contributed by atoms with Crippen molar-refractivity contribution in [2.45, 2.75) is 57.7 Å². The van der Waals surface area contributed by atoms with Crippen molar-refractivity contribution >= 4 is 29.4 Å². The Kier molecular flexibility index (Phi) is 8.37. The Hall–Kier alpha value is -2.26. The first-order valence-corrected chi connectivity index (χ1v) is 12.4. The summed E-state index contributed by atoms with van der Waals surface area (Å²) in [5, 5.41) is 22.7. The minimum absolute atomic E-state index is 0. The van der Waals surface area contributed by atoms with Gasteiger partial charge in [0, 0.05) is 51.0 Å². The highest BCUT2D eigenvalue weighted by Gasteiger charge is 2.25. The summed E-state index contributed by atoms with van der Waals surface area (Å²) in [5.41, 5.74) is 4.24. The molecule has 0 radical (unpaired) electrons. The number of halogens is 1. The van der Waals surface area contributed by atoms with Gasteiger partial charge in [-0.05, 0) is 37.7 Å². The lowest BCUT2D eigenvalue weighted by Crippen LogP contribution is -2.42. The Balaban J connectivity index is 0.00000274. The SMILES string of the molecule is CCCNc1ncc2c(-c3ccc(CN4CCNCC4)cc3)nn(C3CCC(O)CC3)c2n1.Cl. The number of aliphatic hydroxyl groups excluding tert-OH is 1. The van der Waals surface area contributed by atoms with Crippen LogP contribution in [0.25, 0.3) is 22.3 Å². The quantitative estimate of drug-likeness (QED) is 0.470. The van der Waals surface area contributed by atoms with Gasteiger partial charge in [0.05, 0.1) is 17.5 Å². The maximum Gasteiger partial charge on any atom is 0.224 e. The van der Waals surface area contributed by atoms with E-state index in [2.05, 4.69) is 56.4 Å². The molecule has 34 heavy (non-hydrogen) atoms. The third-order valence-electron chi connectivity index (χ3n) is 6.84. The zero-order valence-electron chi connectivity index (χ0n) is 19.9. The first kappa shape index (κ1) is 24.9. The summed E-state index contributed by atoms with van der Waals surface area (Å²) in [6.45, 7) is 8.28. The molecule has 2 aliphatic rings. The van der Waals surface area contributed by atoms with Gasteiger partial charge >= 0.3 is 0 Å². The molecule has 1 saturated carbocycles. The molecular formula is C25H36ClN7O. The number of nitrogens with one attached hydrogen (secondary N) is 2. The second kappa shape index (κ2) is 11.4. The number of rotatable bonds is 7. The Morgan fingerprint density at radius 2 is 1.82 bits per heavy atom. The molecule has 0 bridgehead atoms. The summed E-state index contributed by atoms with van der Waals surface area (Å²) in [6, 6.07) is 9.05. The number of aliphatic hydroxyl groups is 1. The van der Waals surface area contributed by atoms with E-state index in [9.17, 15) is 5.11 Å². The van der Waals surface area contributed by atoms with Crippen molar-refractivity contribution in [2.75, 3.05) is 38.0 Å². The maximum absolute atomic E-state index is 9.98. The number of piperazine rings is 1. The van der Waals surface area contributed by atoms with Crippen molar-refractivity contribution in [3.63, 3.8) is 0 Å². The minimum Gasteiger partial charge on any atom is -0.393 e. The lowest BCUT2D eigenvalue weighted by Gasteiger charge is -2.27. The molecule has 0 atom stereocenters. The molecular weight excluding hydrogens is 450 g/mol. The van der Waals surface area contributed by atoms with Crippen LogP contribution in [0.2, 0.25) is 0 Å². The number of hydrogen-bond acceptors (Lipinski definition) is 7. The zero-order valence-corrected chi connectivity index (χ0v) is 20.7. The van der Waals surface area contributed by atoms with Gasteiger partial charge in [-0.1, -0.05) is 31.2 Å². The number of fused-ring (bicyclic) bond motifs is 1. The summed E-state index contributed by atoms with van der Waals surface area (Å²) in [7, 11) is 0. The molecule has 0 spiro atoms. The Labute approximate surface area is 207 Å². The fraction of sp³-hybridized carbons (Fsp3) is 0.560. The van der Waals surface area contributed by atoms with Gasteiger partial charge < -0.3 is 15.7 Å². The van der Waals surface area contributed by atoms with Crippen molar-refractivity contribution in [2.24, 2.45) is 0 Å². The van der Waals surface area contributed by atoms with E-state index in [0.29, 0.717) is 5.95 Å². The van der Waals surface area contributed by atoms with E-state index in [0.717, 1.165) is 93.7 Å². The van der Waals surface area contributed by atoms with Gasteiger partial charge in [-0.2, -0.15) is 10.1 Å². The molecule has 184 valence electrons. The summed E-state index contributed by atoms with van der Waals surface area (Å²) in [6.07, 6.45) is 6.20. The molecule has 1 aliphatic carbocycles. The van der Waals surface area contributed by atoms with Gasteiger partial charge in [0.2, 0.25) is 5.95 Å². The van der Waals surface area contributed by atoms with E-state index in [-0.39, 0.29) is 24.6 Å². The third kappa shape index (κ3) is 5.51. The largest absolute Gasteiger partial charge is 0.393 e. The second-order valence-electron chi connectivity index (χ2n) is 9.34. The Bertz CT molecular complexity index is 1060. The number of hydrogen-bond donors (Lipinski definition) is 3. The van der Waals surface area contributed by atoms with Crippen molar-refractivity contribution in [3.8, 4) is 11.3 Å². The van der Waals surface area contributed by atoms with E-state index in [1.807, 2.05) is 6.20 Å². The Morgan fingerprint density at radius 1 is 1.09 bits per heavy atom.